The molecule has 3 heteroatoms. The molecule has 0 saturated carbocycles. The minimum atomic E-state index is -0.398. The topological polar surface area (TPSA) is 41.5 Å². The van der Waals surface area contributed by atoms with E-state index in [1.54, 1.807) is 0 Å². The van der Waals surface area contributed by atoms with Crippen LogP contribution in [0.1, 0.15) is 44.9 Å². The zero-order valence-corrected chi connectivity index (χ0v) is 9.95. The minimum Gasteiger partial charge on any atom is -0.389 e. The third-order valence-corrected chi connectivity index (χ3v) is 4.76. The van der Waals surface area contributed by atoms with Gasteiger partial charge >= 0.3 is 0 Å². The fourth-order valence-corrected chi connectivity index (χ4v) is 3.94. The van der Waals surface area contributed by atoms with E-state index in [1.807, 2.05) is 0 Å². The second-order valence-electron chi connectivity index (χ2n) is 5.89. The number of hydrogen-bond donors (Lipinski definition) is 2. The van der Waals surface area contributed by atoms with Crippen molar-refractivity contribution in [1.82, 2.24) is 5.32 Å². The zero-order valence-electron chi connectivity index (χ0n) is 9.95. The Kier molecular flexibility index (Phi) is 2.94. The van der Waals surface area contributed by atoms with Crippen molar-refractivity contribution in [2.24, 2.45) is 5.92 Å². The highest BCUT2D eigenvalue weighted by Gasteiger charge is 2.45. The van der Waals surface area contributed by atoms with Gasteiger partial charge in [0.05, 0.1) is 5.60 Å². The average Bonchev–Trinajstić information content (AvgIpc) is 2.29. The first-order chi connectivity index (χ1) is 7.76. The Morgan fingerprint density at radius 1 is 1.00 bits per heavy atom. The summed E-state index contributed by atoms with van der Waals surface area (Å²) in [5.74, 6) is 0.478. The van der Waals surface area contributed by atoms with E-state index < -0.39 is 5.60 Å². The van der Waals surface area contributed by atoms with E-state index in [0.29, 0.717) is 18.0 Å². The fourth-order valence-electron chi connectivity index (χ4n) is 3.94. The lowest BCUT2D eigenvalue weighted by molar-refractivity contribution is -0.105. The van der Waals surface area contributed by atoms with Crippen molar-refractivity contribution in [2.45, 2.75) is 62.6 Å². The van der Waals surface area contributed by atoms with Gasteiger partial charge in [-0.1, -0.05) is 6.42 Å². The second-order valence-corrected chi connectivity index (χ2v) is 5.89. The number of ether oxygens (including phenoxy) is 1. The van der Waals surface area contributed by atoms with Crippen LogP contribution in [0, 0.1) is 5.92 Å². The monoisotopic (exact) mass is 225 g/mol. The van der Waals surface area contributed by atoms with Crippen molar-refractivity contribution in [1.29, 1.82) is 0 Å². The Hall–Kier alpha value is -0.120. The molecule has 0 aromatic heterocycles. The average molecular weight is 225 g/mol. The summed E-state index contributed by atoms with van der Waals surface area (Å²) in [6, 6.07) is 1.14. The van der Waals surface area contributed by atoms with Crippen LogP contribution >= 0.6 is 0 Å². The maximum absolute atomic E-state index is 10.9. The van der Waals surface area contributed by atoms with Gasteiger partial charge in [0, 0.05) is 25.3 Å². The summed E-state index contributed by atoms with van der Waals surface area (Å²) in [6.45, 7) is 1.69. The molecule has 0 aliphatic carbocycles. The van der Waals surface area contributed by atoms with Crippen LogP contribution < -0.4 is 5.32 Å². The van der Waals surface area contributed by atoms with Gasteiger partial charge in [0.15, 0.2) is 0 Å². The molecule has 3 heterocycles. The molecule has 0 amide bonds. The highest BCUT2D eigenvalue weighted by molar-refractivity contribution is 5.01. The van der Waals surface area contributed by atoms with E-state index in [-0.39, 0.29) is 0 Å². The third-order valence-electron chi connectivity index (χ3n) is 4.76. The Morgan fingerprint density at radius 3 is 2.25 bits per heavy atom. The van der Waals surface area contributed by atoms with Gasteiger partial charge in [0.2, 0.25) is 0 Å². The molecular weight excluding hydrogens is 202 g/mol. The number of rotatable bonds is 1. The largest absolute Gasteiger partial charge is 0.389 e. The SMILES string of the molecule is OC1(C2CCOCC2)CC2CCCC(C1)N2. The molecule has 0 aromatic carbocycles. The van der Waals surface area contributed by atoms with Crippen LogP contribution in [0.5, 0.6) is 0 Å². The normalized spacial score (nSPS) is 45.6. The first-order valence-corrected chi connectivity index (χ1v) is 6.82. The van der Waals surface area contributed by atoms with Crippen LogP contribution in [-0.2, 0) is 4.74 Å². The number of hydrogen-bond acceptors (Lipinski definition) is 3. The molecule has 16 heavy (non-hydrogen) atoms. The molecular formula is C13H23NO2. The lowest BCUT2D eigenvalue weighted by Gasteiger charge is -2.49. The summed E-state index contributed by atoms with van der Waals surface area (Å²) in [5, 5.41) is 14.6. The standard InChI is InChI=1S/C13H23NO2/c15-13(10-4-6-16-7-5-10)8-11-2-1-3-12(9-13)14-11/h10-12,14-15H,1-9H2. The summed E-state index contributed by atoms with van der Waals surface area (Å²) < 4.78 is 5.40. The van der Waals surface area contributed by atoms with Crippen LogP contribution in [-0.4, -0.2) is 36.0 Å². The quantitative estimate of drug-likeness (QED) is 0.709. The summed E-state index contributed by atoms with van der Waals surface area (Å²) >= 11 is 0. The molecule has 3 aliphatic rings. The van der Waals surface area contributed by atoms with E-state index in [0.717, 1.165) is 38.9 Å². The van der Waals surface area contributed by atoms with Crippen LogP contribution in [0.25, 0.3) is 0 Å². The van der Waals surface area contributed by atoms with Crippen molar-refractivity contribution in [3.8, 4) is 0 Å². The number of fused-ring (bicyclic) bond motifs is 2. The fraction of sp³-hybridized carbons (Fsp3) is 1.00. The summed E-state index contributed by atoms with van der Waals surface area (Å²) in [6.07, 6.45) is 7.88. The Bertz CT molecular complexity index is 238. The molecule has 3 aliphatic heterocycles. The highest BCUT2D eigenvalue weighted by atomic mass is 16.5. The van der Waals surface area contributed by atoms with Crippen molar-refractivity contribution < 1.29 is 9.84 Å². The Morgan fingerprint density at radius 2 is 1.62 bits per heavy atom. The third kappa shape index (κ3) is 2.01. The van der Waals surface area contributed by atoms with E-state index in [1.165, 1.54) is 19.3 Å². The Balaban J connectivity index is 1.71. The van der Waals surface area contributed by atoms with Gasteiger partial charge in [-0.25, -0.2) is 0 Å². The van der Waals surface area contributed by atoms with Gasteiger partial charge in [0.25, 0.3) is 0 Å². The second kappa shape index (κ2) is 4.28. The summed E-state index contributed by atoms with van der Waals surface area (Å²) in [4.78, 5) is 0. The molecule has 2 unspecified atom stereocenters. The van der Waals surface area contributed by atoms with Crippen LogP contribution in [0.2, 0.25) is 0 Å². The number of piperidine rings is 2. The maximum atomic E-state index is 10.9. The van der Waals surface area contributed by atoms with E-state index in [4.69, 9.17) is 4.74 Å². The van der Waals surface area contributed by atoms with Gasteiger partial charge in [0.1, 0.15) is 0 Å². The van der Waals surface area contributed by atoms with Crippen molar-refractivity contribution in [3.63, 3.8) is 0 Å². The molecule has 0 spiro atoms. The minimum absolute atomic E-state index is 0.398. The molecule has 2 bridgehead atoms. The van der Waals surface area contributed by atoms with Crippen LogP contribution in [0.15, 0.2) is 0 Å². The van der Waals surface area contributed by atoms with Crippen LogP contribution in [0.4, 0.5) is 0 Å². The van der Waals surface area contributed by atoms with Gasteiger partial charge in [-0.3, -0.25) is 0 Å². The molecule has 3 rings (SSSR count). The van der Waals surface area contributed by atoms with Crippen molar-refractivity contribution in [3.05, 3.63) is 0 Å². The molecule has 3 fully saturated rings. The molecule has 92 valence electrons. The Labute approximate surface area is 97.6 Å². The summed E-state index contributed by atoms with van der Waals surface area (Å²) in [7, 11) is 0. The predicted molar refractivity (Wildman–Crippen MR) is 62.3 cm³/mol. The predicted octanol–water partition coefficient (Wildman–Crippen LogP) is 1.45. The zero-order chi connectivity index (χ0) is 11.0. The van der Waals surface area contributed by atoms with Gasteiger partial charge in [-0.15, -0.1) is 0 Å². The first kappa shape index (κ1) is 11.0. The lowest BCUT2D eigenvalue weighted by Crippen LogP contribution is -2.58. The van der Waals surface area contributed by atoms with Crippen LogP contribution in [0.3, 0.4) is 0 Å². The maximum Gasteiger partial charge on any atom is 0.0707 e. The molecule has 0 aromatic rings. The van der Waals surface area contributed by atoms with Gasteiger partial charge in [-0.05, 0) is 44.4 Å². The number of nitrogens with one attached hydrogen (secondary N) is 1. The van der Waals surface area contributed by atoms with Gasteiger partial charge in [-0.2, -0.15) is 0 Å². The smallest absolute Gasteiger partial charge is 0.0707 e. The highest BCUT2D eigenvalue weighted by Crippen LogP contribution is 2.40. The van der Waals surface area contributed by atoms with E-state index in [2.05, 4.69) is 5.32 Å². The van der Waals surface area contributed by atoms with E-state index >= 15 is 0 Å². The van der Waals surface area contributed by atoms with Gasteiger partial charge < -0.3 is 15.2 Å². The van der Waals surface area contributed by atoms with E-state index in [9.17, 15) is 5.11 Å². The van der Waals surface area contributed by atoms with Crippen molar-refractivity contribution in [2.75, 3.05) is 13.2 Å². The number of aliphatic hydroxyl groups is 1. The summed E-state index contributed by atoms with van der Waals surface area (Å²) in [5.41, 5.74) is -0.398. The molecule has 2 atom stereocenters. The molecule has 3 saturated heterocycles. The lowest BCUT2D eigenvalue weighted by atomic mass is 9.69. The molecule has 0 radical (unpaired) electrons. The van der Waals surface area contributed by atoms with Crippen molar-refractivity contribution >= 4 is 0 Å². The molecule has 3 nitrogen and oxygen atoms in total. The molecule has 2 N–H and O–H groups in total. The first-order valence-electron chi connectivity index (χ1n) is 6.82.